The summed E-state index contributed by atoms with van der Waals surface area (Å²) in [6.45, 7) is 1.66. The summed E-state index contributed by atoms with van der Waals surface area (Å²) >= 11 is 0. The Balaban J connectivity index is 2.50. The number of carboxylic acid groups (broad SMARTS) is 1. The highest BCUT2D eigenvalue weighted by Crippen LogP contribution is 2.33. The van der Waals surface area contributed by atoms with Crippen molar-refractivity contribution in [2.45, 2.75) is 13.0 Å². The molecule has 0 spiro atoms. The molecule has 0 unspecified atom stereocenters. The lowest BCUT2D eigenvalue weighted by Crippen LogP contribution is -2.42. The molecule has 1 aliphatic rings. The minimum Gasteiger partial charge on any atom is -0.479 e. The number of carboxylic acids is 1. The summed E-state index contributed by atoms with van der Waals surface area (Å²) in [4.78, 5) is 23.8. The molecule has 1 N–H and O–H groups in total. The Morgan fingerprint density at radius 2 is 2.19 bits per heavy atom. The maximum Gasteiger partial charge on any atom is 0.335 e. The number of amides is 1. The standard InChI is InChI=1S/C11H11NO4/c1-6-10(13)12(2)8-5-7(11(14)15)3-4-9(8)16-6/h3-6H,1-2H3,(H,14,15)/t6-/m1/s1. The molecular formula is C11H11NO4. The minimum atomic E-state index is -1.03. The molecule has 0 fully saturated rings. The van der Waals surface area contributed by atoms with Gasteiger partial charge in [0.05, 0.1) is 11.3 Å². The highest BCUT2D eigenvalue weighted by molar-refractivity contribution is 6.00. The molecule has 1 amide bonds. The Labute approximate surface area is 92.2 Å². The van der Waals surface area contributed by atoms with E-state index in [-0.39, 0.29) is 11.5 Å². The molecule has 0 aliphatic carbocycles. The van der Waals surface area contributed by atoms with Crippen molar-refractivity contribution in [3.05, 3.63) is 23.8 Å². The number of hydrogen-bond acceptors (Lipinski definition) is 3. The van der Waals surface area contributed by atoms with Crippen molar-refractivity contribution >= 4 is 17.6 Å². The normalized spacial score (nSPS) is 19.0. The number of rotatable bonds is 1. The van der Waals surface area contributed by atoms with Crippen molar-refractivity contribution in [2.24, 2.45) is 0 Å². The first kappa shape index (κ1) is 10.5. The zero-order valence-electron chi connectivity index (χ0n) is 8.93. The Hall–Kier alpha value is -2.04. The smallest absolute Gasteiger partial charge is 0.335 e. The first-order valence-electron chi connectivity index (χ1n) is 4.82. The van der Waals surface area contributed by atoms with Crippen molar-refractivity contribution in [3.8, 4) is 5.75 Å². The lowest BCUT2D eigenvalue weighted by Gasteiger charge is -2.30. The van der Waals surface area contributed by atoms with Gasteiger partial charge in [-0.05, 0) is 25.1 Å². The largest absolute Gasteiger partial charge is 0.479 e. The fourth-order valence-electron chi connectivity index (χ4n) is 1.64. The third-order valence-corrected chi connectivity index (χ3v) is 2.55. The van der Waals surface area contributed by atoms with Gasteiger partial charge in [0.1, 0.15) is 5.75 Å². The van der Waals surface area contributed by atoms with E-state index in [4.69, 9.17) is 9.84 Å². The number of likely N-dealkylation sites (N-methyl/N-ethyl adjacent to an activating group) is 1. The van der Waals surface area contributed by atoms with Crippen molar-refractivity contribution < 1.29 is 19.4 Å². The molecule has 1 aliphatic heterocycles. The van der Waals surface area contributed by atoms with Crippen LogP contribution in [0.5, 0.6) is 5.75 Å². The molecule has 2 rings (SSSR count). The second-order valence-electron chi connectivity index (χ2n) is 3.64. The number of hydrogen-bond donors (Lipinski definition) is 1. The number of ether oxygens (including phenoxy) is 1. The predicted octanol–water partition coefficient (Wildman–Crippen LogP) is 1.13. The summed E-state index contributed by atoms with van der Waals surface area (Å²) < 4.78 is 5.37. The quantitative estimate of drug-likeness (QED) is 0.771. The predicted molar refractivity (Wildman–Crippen MR) is 56.9 cm³/mol. The highest BCUT2D eigenvalue weighted by atomic mass is 16.5. The number of fused-ring (bicyclic) bond motifs is 1. The van der Waals surface area contributed by atoms with Gasteiger partial charge in [0, 0.05) is 7.05 Å². The second-order valence-corrected chi connectivity index (χ2v) is 3.64. The van der Waals surface area contributed by atoms with Crippen LogP contribution < -0.4 is 9.64 Å². The Bertz CT molecular complexity index is 469. The third-order valence-electron chi connectivity index (χ3n) is 2.55. The highest BCUT2D eigenvalue weighted by Gasteiger charge is 2.29. The second kappa shape index (κ2) is 3.52. The van der Waals surface area contributed by atoms with E-state index in [1.54, 1.807) is 20.0 Å². The molecule has 84 valence electrons. The number of carbonyl (C=O) groups is 2. The van der Waals surface area contributed by atoms with Crippen LogP contribution in [-0.4, -0.2) is 30.1 Å². The van der Waals surface area contributed by atoms with Crippen LogP contribution in [-0.2, 0) is 4.79 Å². The zero-order valence-corrected chi connectivity index (χ0v) is 8.93. The van der Waals surface area contributed by atoms with E-state index in [9.17, 15) is 9.59 Å². The molecular weight excluding hydrogens is 210 g/mol. The van der Waals surface area contributed by atoms with E-state index in [2.05, 4.69) is 0 Å². The average Bonchev–Trinajstić information content (AvgIpc) is 2.25. The number of carbonyl (C=O) groups excluding carboxylic acids is 1. The summed E-state index contributed by atoms with van der Waals surface area (Å²) in [5.41, 5.74) is 0.625. The molecule has 1 aromatic rings. The number of nitrogens with zero attached hydrogens (tertiary/aromatic N) is 1. The molecule has 5 nitrogen and oxygen atoms in total. The Kier molecular flexibility index (Phi) is 2.30. The van der Waals surface area contributed by atoms with Gasteiger partial charge in [-0.3, -0.25) is 4.79 Å². The van der Waals surface area contributed by atoms with E-state index < -0.39 is 12.1 Å². The zero-order chi connectivity index (χ0) is 11.9. The molecule has 1 heterocycles. The van der Waals surface area contributed by atoms with E-state index in [1.165, 1.54) is 17.0 Å². The van der Waals surface area contributed by atoms with E-state index >= 15 is 0 Å². The number of anilines is 1. The van der Waals surface area contributed by atoms with Gasteiger partial charge in [0.15, 0.2) is 6.10 Å². The van der Waals surface area contributed by atoms with Crippen molar-refractivity contribution in [2.75, 3.05) is 11.9 Å². The van der Waals surface area contributed by atoms with Gasteiger partial charge < -0.3 is 14.7 Å². The summed E-state index contributed by atoms with van der Waals surface area (Å²) in [7, 11) is 1.60. The number of benzene rings is 1. The van der Waals surface area contributed by atoms with E-state index in [1.807, 2.05) is 0 Å². The van der Waals surface area contributed by atoms with Gasteiger partial charge in [0.25, 0.3) is 5.91 Å². The number of aromatic carboxylic acids is 1. The van der Waals surface area contributed by atoms with Gasteiger partial charge in [0.2, 0.25) is 0 Å². The first-order chi connectivity index (χ1) is 7.50. The van der Waals surface area contributed by atoms with Crippen LogP contribution in [0.1, 0.15) is 17.3 Å². The Morgan fingerprint density at radius 1 is 1.50 bits per heavy atom. The summed E-state index contributed by atoms with van der Waals surface area (Å²) in [5, 5.41) is 8.85. The monoisotopic (exact) mass is 221 g/mol. The van der Waals surface area contributed by atoms with Gasteiger partial charge in [-0.15, -0.1) is 0 Å². The van der Waals surface area contributed by atoms with Gasteiger partial charge in [-0.2, -0.15) is 0 Å². The van der Waals surface area contributed by atoms with Gasteiger partial charge >= 0.3 is 5.97 Å². The lowest BCUT2D eigenvalue weighted by molar-refractivity contribution is -0.125. The van der Waals surface area contributed by atoms with Crippen molar-refractivity contribution in [1.29, 1.82) is 0 Å². The molecule has 0 saturated heterocycles. The Morgan fingerprint density at radius 3 is 2.81 bits per heavy atom. The molecule has 16 heavy (non-hydrogen) atoms. The minimum absolute atomic E-state index is 0.136. The maximum absolute atomic E-state index is 11.6. The maximum atomic E-state index is 11.6. The lowest BCUT2D eigenvalue weighted by atomic mass is 10.1. The molecule has 1 atom stereocenters. The summed E-state index contributed by atoms with van der Waals surface area (Å²) in [6, 6.07) is 4.46. The van der Waals surface area contributed by atoms with Crippen LogP contribution in [0.25, 0.3) is 0 Å². The van der Waals surface area contributed by atoms with Gasteiger partial charge in [-0.1, -0.05) is 0 Å². The van der Waals surface area contributed by atoms with E-state index in [0.29, 0.717) is 11.4 Å². The van der Waals surface area contributed by atoms with Crippen molar-refractivity contribution in [3.63, 3.8) is 0 Å². The molecule has 1 aromatic carbocycles. The molecule has 0 bridgehead atoms. The summed E-state index contributed by atoms with van der Waals surface area (Å²) in [5.74, 6) is -0.683. The van der Waals surface area contributed by atoms with Crippen LogP contribution in [0.15, 0.2) is 18.2 Å². The van der Waals surface area contributed by atoms with Crippen LogP contribution in [0.4, 0.5) is 5.69 Å². The molecule has 0 radical (unpaired) electrons. The van der Waals surface area contributed by atoms with Crippen LogP contribution in [0.3, 0.4) is 0 Å². The van der Waals surface area contributed by atoms with Crippen LogP contribution >= 0.6 is 0 Å². The van der Waals surface area contributed by atoms with Crippen LogP contribution in [0, 0.1) is 0 Å². The molecule has 0 saturated carbocycles. The van der Waals surface area contributed by atoms with Gasteiger partial charge in [-0.25, -0.2) is 4.79 Å². The molecule has 5 heteroatoms. The summed E-state index contributed by atoms with van der Waals surface area (Å²) in [6.07, 6.45) is -0.534. The van der Waals surface area contributed by atoms with Crippen molar-refractivity contribution in [1.82, 2.24) is 0 Å². The van der Waals surface area contributed by atoms with E-state index in [0.717, 1.165) is 0 Å². The van der Waals surface area contributed by atoms with Crippen LogP contribution in [0.2, 0.25) is 0 Å². The SMILES string of the molecule is C[C@H]1Oc2ccc(C(=O)O)cc2N(C)C1=O. The first-order valence-corrected chi connectivity index (χ1v) is 4.82. The average molecular weight is 221 g/mol. The fourth-order valence-corrected chi connectivity index (χ4v) is 1.64. The third kappa shape index (κ3) is 1.50. The fraction of sp³-hybridized carbons (Fsp3) is 0.273. The molecule has 0 aromatic heterocycles. The topological polar surface area (TPSA) is 66.8 Å².